The summed E-state index contributed by atoms with van der Waals surface area (Å²) in [5.41, 5.74) is -0.891. The van der Waals surface area contributed by atoms with E-state index in [1.165, 1.54) is 7.05 Å². The molecular weight excluding hydrogens is 270 g/mol. The Morgan fingerprint density at radius 1 is 1.37 bits per heavy atom. The van der Waals surface area contributed by atoms with E-state index in [1.807, 2.05) is 0 Å². The highest BCUT2D eigenvalue weighted by molar-refractivity contribution is 5.94. The average Bonchev–Trinajstić information content (AvgIpc) is 2.27. The molecule has 1 aromatic carbocycles. The lowest BCUT2D eigenvalue weighted by atomic mass is 10.1. The molecule has 4 nitrogen and oxygen atoms in total. The van der Waals surface area contributed by atoms with Gasteiger partial charge in [-0.15, -0.1) is 0 Å². The molecule has 1 aromatic rings. The van der Waals surface area contributed by atoms with Gasteiger partial charge in [0, 0.05) is 25.7 Å². The molecule has 0 atom stereocenters. The van der Waals surface area contributed by atoms with Gasteiger partial charge < -0.3 is 14.7 Å². The van der Waals surface area contributed by atoms with Crippen LogP contribution in [0.3, 0.4) is 0 Å². The van der Waals surface area contributed by atoms with Crippen LogP contribution in [0, 0.1) is 11.6 Å². The maximum absolute atomic E-state index is 13.5. The molecule has 106 valence electrons. The van der Waals surface area contributed by atoms with Crippen molar-refractivity contribution in [2.24, 2.45) is 0 Å². The number of amides is 1. The van der Waals surface area contributed by atoms with Crippen molar-refractivity contribution in [3.8, 4) is 5.75 Å². The van der Waals surface area contributed by atoms with Gasteiger partial charge in [-0.05, 0) is 0 Å². The van der Waals surface area contributed by atoms with Crippen LogP contribution in [0.15, 0.2) is 12.1 Å². The number of halogens is 4. The lowest BCUT2D eigenvalue weighted by Crippen LogP contribution is -2.31. The lowest BCUT2D eigenvalue weighted by molar-refractivity contribution is -0.0501. The van der Waals surface area contributed by atoms with E-state index >= 15 is 0 Å². The first-order valence-corrected chi connectivity index (χ1v) is 5.17. The highest BCUT2D eigenvalue weighted by Crippen LogP contribution is 2.23. The van der Waals surface area contributed by atoms with Crippen LogP contribution in [0.4, 0.5) is 17.6 Å². The minimum atomic E-state index is -3.22. The van der Waals surface area contributed by atoms with Crippen LogP contribution >= 0.6 is 0 Å². The van der Waals surface area contributed by atoms with Gasteiger partial charge in [0.25, 0.3) is 5.91 Å². The number of carbonyl (C=O) groups is 1. The van der Waals surface area contributed by atoms with Crippen LogP contribution in [-0.4, -0.2) is 42.7 Å². The first kappa shape index (κ1) is 15.2. The SMILES string of the molecule is CN(CCO)C(=O)c1c(F)cc(OC(F)F)cc1F. The predicted molar refractivity (Wildman–Crippen MR) is 57.0 cm³/mol. The number of likely N-dealkylation sites (N-methyl/N-ethyl adjacent to an activating group) is 1. The molecule has 0 bridgehead atoms. The molecule has 0 aliphatic heterocycles. The number of alkyl halides is 2. The Balaban J connectivity index is 3.06. The summed E-state index contributed by atoms with van der Waals surface area (Å²) in [5, 5.41) is 8.63. The average molecular weight is 281 g/mol. The second-order valence-electron chi connectivity index (χ2n) is 3.59. The molecule has 1 rings (SSSR count). The highest BCUT2D eigenvalue weighted by Gasteiger charge is 2.22. The third kappa shape index (κ3) is 3.82. The Morgan fingerprint density at radius 3 is 2.32 bits per heavy atom. The van der Waals surface area contributed by atoms with Crippen molar-refractivity contribution in [3.05, 3.63) is 29.3 Å². The molecule has 0 spiro atoms. The summed E-state index contributed by atoms with van der Waals surface area (Å²) >= 11 is 0. The van der Waals surface area contributed by atoms with E-state index in [0.29, 0.717) is 12.1 Å². The zero-order chi connectivity index (χ0) is 14.6. The van der Waals surface area contributed by atoms with Gasteiger partial charge in [0.05, 0.1) is 6.61 Å². The first-order chi connectivity index (χ1) is 8.86. The topological polar surface area (TPSA) is 49.8 Å². The maximum Gasteiger partial charge on any atom is 0.387 e. The summed E-state index contributed by atoms with van der Waals surface area (Å²) < 4.78 is 54.7. The largest absolute Gasteiger partial charge is 0.435 e. The standard InChI is InChI=1S/C11H11F4NO3/c1-16(2-3-17)10(18)9-7(12)4-6(5-8(9)13)19-11(14)15/h4-5,11,17H,2-3H2,1H3. The van der Waals surface area contributed by atoms with Crippen molar-refractivity contribution in [3.63, 3.8) is 0 Å². The summed E-state index contributed by atoms with van der Waals surface area (Å²) in [6, 6.07) is 0.991. The molecule has 0 aliphatic rings. The van der Waals surface area contributed by atoms with Gasteiger partial charge in [0.15, 0.2) is 0 Å². The van der Waals surface area contributed by atoms with Gasteiger partial charge in [-0.25, -0.2) is 8.78 Å². The third-order valence-electron chi connectivity index (χ3n) is 2.24. The fraction of sp³-hybridized carbons (Fsp3) is 0.364. The first-order valence-electron chi connectivity index (χ1n) is 5.17. The van der Waals surface area contributed by atoms with Crippen molar-refractivity contribution in [1.29, 1.82) is 0 Å². The van der Waals surface area contributed by atoms with Crippen LogP contribution in [0.2, 0.25) is 0 Å². The van der Waals surface area contributed by atoms with E-state index in [1.54, 1.807) is 0 Å². The highest BCUT2D eigenvalue weighted by atomic mass is 19.3. The summed E-state index contributed by atoms with van der Waals surface area (Å²) in [7, 11) is 1.24. The molecule has 8 heteroatoms. The Hall–Kier alpha value is -1.83. The number of benzene rings is 1. The molecule has 0 radical (unpaired) electrons. The van der Waals surface area contributed by atoms with E-state index in [0.717, 1.165) is 4.90 Å². The van der Waals surface area contributed by atoms with E-state index in [9.17, 15) is 22.4 Å². The predicted octanol–water partition coefficient (Wildman–Crippen LogP) is 1.63. The Morgan fingerprint density at radius 2 is 1.89 bits per heavy atom. The molecule has 0 fully saturated rings. The molecule has 0 aliphatic carbocycles. The number of hydrogen-bond donors (Lipinski definition) is 1. The van der Waals surface area contributed by atoms with Crippen molar-refractivity contribution in [1.82, 2.24) is 4.90 Å². The Kier molecular flexibility index (Phi) is 5.11. The summed E-state index contributed by atoms with van der Waals surface area (Å²) in [6.45, 7) is -3.72. The number of rotatable bonds is 5. The number of aliphatic hydroxyl groups excluding tert-OH is 1. The van der Waals surface area contributed by atoms with Crippen LogP contribution < -0.4 is 4.74 Å². The minimum absolute atomic E-state index is 0.118. The number of carbonyl (C=O) groups excluding carboxylic acids is 1. The van der Waals surface area contributed by atoms with Crippen LogP contribution in [0.5, 0.6) is 5.75 Å². The van der Waals surface area contributed by atoms with Crippen molar-refractivity contribution >= 4 is 5.91 Å². The van der Waals surface area contributed by atoms with Gasteiger partial charge in [0.2, 0.25) is 0 Å². The molecule has 0 heterocycles. The molecular formula is C11H11F4NO3. The fourth-order valence-electron chi connectivity index (χ4n) is 1.37. The molecule has 0 saturated carbocycles. The van der Waals surface area contributed by atoms with Gasteiger partial charge in [-0.2, -0.15) is 8.78 Å². The maximum atomic E-state index is 13.5. The molecule has 1 amide bonds. The van der Waals surface area contributed by atoms with Gasteiger partial charge >= 0.3 is 6.61 Å². The normalized spacial score (nSPS) is 10.7. The zero-order valence-electron chi connectivity index (χ0n) is 9.87. The minimum Gasteiger partial charge on any atom is -0.435 e. The molecule has 0 saturated heterocycles. The van der Waals surface area contributed by atoms with Gasteiger partial charge in [0.1, 0.15) is 22.9 Å². The number of hydrogen-bond acceptors (Lipinski definition) is 3. The summed E-state index contributed by atoms with van der Waals surface area (Å²) in [5.74, 6) is -4.35. The number of ether oxygens (including phenoxy) is 1. The fourth-order valence-corrected chi connectivity index (χ4v) is 1.37. The van der Waals surface area contributed by atoms with E-state index < -0.39 is 35.5 Å². The summed E-state index contributed by atoms with van der Waals surface area (Å²) in [4.78, 5) is 12.6. The second kappa shape index (κ2) is 6.37. The van der Waals surface area contributed by atoms with Crippen molar-refractivity contribution < 1.29 is 32.2 Å². The Bertz CT molecular complexity index is 444. The number of aliphatic hydroxyl groups is 1. The summed E-state index contributed by atoms with van der Waals surface area (Å²) in [6.07, 6.45) is 0. The molecule has 19 heavy (non-hydrogen) atoms. The monoisotopic (exact) mass is 281 g/mol. The molecule has 0 unspecified atom stereocenters. The molecule has 1 N–H and O–H groups in total. The second-order valence-corrected chi connectivity index (χ2v) is 3.59. The van der Waals surface area contributed by atoms with Crippen LogP contribution in [0.1, 0.15) is 10.4 Å². The van der Waals surface area contributed by atoms with Crippen LogP contribution in [-0.2, 0) is 0 Å². The van der Waals surface area contributed by atoms with Gasteiger partial charge in [-0.3, -0.25) is 4.79 Å². The zero-order valence-corrected chi connectivity index (χ0v) is 9.87. The van der Waals surface area contributed by atoms with E-state index in [-0.39, 0.29) is 13.2 Å². The van der Waals surface area contributed by atoms with E-state index in [4.69, 9.17) is 5.11 Å². The quantitative estimate of drug-likeness (QED) is 0.835. The van der Waals surface area contributed by atoms with E-state index in [2.05, 4.69) is 4.74 Å². The Labute approximate surface area is 106 Å². The van der Waals surface area contributed by atoms with Crippen LogP contribution in [0.25, 0.3) is 0 Å². The third-order valence-corrected chi connectivity index (χ3v) is 2.24. The van der Waals surface area contributed by atoms with Crippen molar-refractivity contribution in [2.75, 3.05) is 20.2 Å². The van der Waals surface area contributed by atoms with Crippen molar-refractivity contribution in [2.45, 2.75) is 6.61 Å². The lowest BCUT2D eigenvalue weighted by Gasteiger charge is -2.17. The molecule has 0 aromatic heterocycles. The van der Waals surface area contributed by atoms with Gasteiger partial charge in [-0.1, -0.05) is 0 Å². The number of nitrogens with zero attached hydrogens (tertiary/aromatic N) is 1. The smallest absolute Gasteiger partial charge is 0.387 e.